The van der Waals surface area contributed by atoms with E-state index in [0.717, 1.165) is 0 Å². The molecular weight excluding hydrogens is 480 g/mol. The number of phenolic OH excluding ortho intramolecular Hbond substituents is 1. The average molecular weight is 506 g/mol. The summed E-state index contributed by atoms with van der Waals surface area (Å²) >= 11 is 0. The fourth-order valence-corrected chi connectivity index (χ4v) is 3.99. The Morgan fingerprint density at radius 1 is 0.889 bits per heavy atom. The molecule has 1 fully saturated rings. The second kappa shape index (κ2) is 10.2. The molecule has 1 saturated heterocycles. The van der Waals surface area contributed by atoms with Gasteiger partial charge in [-0.1, -0.05) is 0 Å². The molecule has 1 aromatic heterocycles. The average Bonchev–Trinajstić information content (AvgIpc) is 2.89. The van der Waals surface area contributed by atoms with Gasteiger partial charge in [0.15, 0.2) is 17.3 Å². The number of benzene rings is 2. The number of fused-ring (bicyclic) bond motifs is 1. The van der Waals surface area contributed by atoms with Crippen molar-refractivity contribution in [3.63, 3.8) is 0 Å². The highest BCUT2D eigenvalue weighted by Crippen LogP contribution is 2.44. The lowest BCUT2D eigenvalue weighted by molar-refractivity contribution is -0.277. The lowest BCUT2D eigenvalue weighted by atomic mass is 9.99. The highest BCUT2D eigenvalue weighted by molar-refractivity contribution is 5.91. The summed E-state index contributed by atoms with van der Waals surface area (Å²) in [4.78, 5) is 13.8. The van der Waals surface area contributed by atoms with Gasteiger partial charge < -0.3 is 53.6 Å². The number of aromatic hydroxyl groups is 1. The van der Waals surface area contributed by atoms with Gasteiger partial charge in [0.1, 0.15) is 41.1 Å². The number of ether oxygens (including phenoxy) is 5. The maximum Gasteiger partial charge on any atom is 0.239 e. The van der Waals surface area contributed by atoms with Crippen LogP contribution in [0.1, 0.15) is 0 Å². The van der Waals surface area contributed by atoms with E-state index in [9.17, 15) is 30.3 Å². The quantitative estimate of drug-likeness (QED) is 0.298. The first-order chi connectivity index (χ1) is 17.2. The molecule has 0 saturated carbocycles. The summed E-state index contributed by atoms with van der Waals surface area (Å²) in [5.41, 5.74) is -0.368. The van der Waals surface area contributed by atoms with Crippen LogP contribution in [0.4, 0.5) is 0 Å². The number of aliphatic hydroxyl groups excluding tert-OH is 4. The van der Waals surface area contributed by atoms with Gasteiger partial charge in [-0.05, 0) is 24.3 Å². The summed E-state index contributed by atoms with van der Waals surface area (Å²) in [7, 11) is 4.09. The van der Waals surface area contributed by atoms with Crippen LogP contribution in [0.2, 0.25) is 0 Å². The third kappa shape index (κ3) is 4.29. The van der Waals surface area contributed by atoms with Crippen LogP contribution in [0.25, 0.3) is 22.3 Å². The van der Waals surface area contributed by atoms with Crippen LogP contribution in [0.3, 0.4) is 0 Å². The van der Waals surface area contributed by atoms with Crippen molar-refractivity contribution in [2.45, 2.75) is 30.7 Å². The first-order valence-corrected chi connectivity index (χ1v) is 10.8. The Morgan fingerprint density at radius 3 is 2.14 bits per heavy atom. The number of rotatable bonds is 7. The summed E-state index contributed by atoms with van der Waals surface area (Å²) in [6.07, 6.45) is -8.06. The minimum Gasteiger partial charge on any atom is -0.508 e. The van der Waals surface area contributed by atoms with Gasteiger partial charge in [0.2, 0.25) is 23.2 Å². The highest BCUT2D eigenvalue weighted by Gasteiger charge is 2.45. The van der Waals surface area contributed by atoms with Crippen molar-refractivity contribution in [1.29, 1.82) is 0 Å². The monoisotopic (exact) mass is 506 g/mol. The van der Waals surface area contributed by atoms with E-state index < -0.39 is 48.5 Å². The topological polar surface area (TPSA) is 178 Å². The molecule has 0 amide bonds. The van der Waals surface area contributed by atoms with Crippen LogP contribution in [0.15, 0.2) is 39.5 Å². The molecule has 4 rings (SSSR count). The van der Waals surface area contributed by atoms with Crippen LogP contribution >= 0.6 is 0 Å². The minimum atomic E-state index is -1.78. The van der Waals surface area contributed by atoms with E-state index in [1.165, 1.54) is 51.7 Å². The Morgan fingerprint density at radius 2 is 1.56 bits per heavy atom. The lowest BCUT2D eigenvalue weighted by Gasteiger charge is -2.39. The third-order valence-corrected chi connectivity index (χ3v) is 5.86. The molecule has 2 heterocycles. The molecule has 12 nitrogen and oxygen atoms in total. The molecule has 0 radical (unpaired) electrons. The van der Waals surface area contributed by atoms with Crippen LogP contribution in [0.5, 0.6) is 28.7 Å². The predicted octanol–water partition coefficient (Wildman–Crippen LogP) is 0.370. The smallest absolute Gasteiger partial charge is 0.239 e. The third-order valence-electron chi connectivity index (χ3n) is 5.86. The Bertz CT molecular complexity index is 1280. The van der Waals surface area contributed by atoms with E-state index in [1.54, 1.807) is 0 Å². The molecule has 194 valence electrons. The van der Waals surface area contributed by atoms with Crippen LogP contribution in [-0.4, -0.2) is 84.2 Å². The van der Waals surface area contributed by atoms with Crippen molar-refractivity contribution >= 4 is 11.0 Å². The van der Waals surface area contributed by atoms with Gasteiger partial charge in [0.05, 0.1) is 27.9 Å². The van der Waals surface area contributed by atoms with Crippen molar-refractivity contribution in [1.82, 2.24) is 0 Å². The summed E-state index contributed by atoms with van der Waals surface area (Å²) in [5, 5.41) is 49.8. The maximum atomic E-state index is 13.8. The number of hydrogen-bond donors (Lipinski definition) is 5. The van der Waals surface area contributed by atoms with E-state index in [4.69, 9.17) is 28.1 Å². The zero-order valence-corrected chi connectivity index (χ0v) is 19.6. The Balaban J connectivity index is 1.97. The first-order valence-electron chi connectivity index (χ1n) is 10.8. The van der Waals surface area contributed by atoms with Gasteiger partial charge in [0.25, 0.3) is 0 Å². The molecule has 3 aromatic rings. The summed E-state index contributed by atoms with van der Waals surface area (Å²) in [5.74, 6) is -0.218. The largest absolute Gasteiger partial charge is 0.508 e. The lowest BCUT2D eigenvalue weighted by Crippen LogP contribution is -2.60. The van der Waals surface area contributed by atoms with Crippen molar-refractivity contribution < 1.29 is 53.6 Å². The maximum absolute atomic E-state index is 13.8. The second-order valence-corrected chi connectivity index (χ2v) is 7.97. The first kappa shape index (κ1) is 25.5. The van der Waals surface area contributed by atoms with E-state index in [2.05, 4.69) is 0 Å². The fraction of sp³-hybridized carbons (Fsp3) is 0.375. The summed E-state index contributed by atoms with van der Waals surface area (Å²) in [6.45, 7) is -0.688. The summed E-state index contributed by atoms with van der Waals surface area (Å²) in [6, 6.07) is 7.10. The van der Waals surface area contributed by atoms with Crippen LogP contribution in [-0.2, 0) is 4.74 Å². The molecule has 5 unspecified atom stereocenters. The number of methoxy groups -OCH3 is 3. The highest BCUT2D eigenvalue weighted by atomic mass is 16.7. The summed E-state index contributed by atoms with van der Waals surface area (Å²) < 4.78 is 33.3. The van der Waals surface area contributed by atoms with Gasteiger partial charge in [-0.15, -0.1) is 0 Å². The molecule has 1 aliphatic heterocycles. The zero-order chi connectivity index (χ0) is 26.1. The molecule has 36 heavy (non-hydrogen) atoms. The zero-order valence-electron chi connectivity index (χ0n) is 19.6. The Labute approximate surface area is 204 Å². The van der Waals surface area contributed by atoms with E-state index >= 15 is 0 Å². The van der Waals surface area contributed by atoms with Gasteiger partial charge in [-0.25, -0.2) is 0 Å². The van der Waals surface area contributed by atoms with E-state index in [1.807, 2.05) is 0 Å². The van der Waals surface area contributed by atoms with Crippen molar-refractivity contribution in [2.75, 3.05) is 27.9 Å². The number of hydrogen-bond acceptors (Lipinski definition) is 12. The van der Waals surface area contributed by atoms with Crippen molar-refractivity contribution in [3.05, 3.63) is 40.6 Å². The fourth-order valence-electron chi connectivity index (χ4n) is 3.99. The standard InChI is InChI=1S/C24H26O12/c1-31-13-8-12-15(22(33-3)21(13)32-2)17(28)23(20(34-12)10-4-6-11(26)7-5-10)36-24-19(30)18(29)16(27)14(9-25)35-24/h4-8,14,16,18-19,24-27,29-30H,9H2,1-3H3. The molecule has 0 aliphatic carbocycles. The Hall–Kier alpha value is -3.55. The van der Waals surface area contributed by atoms with E-state index in [0.29, 0.717) is 5.56 Å². The normalized spacial score (nSPS) is 23.9. The molecule has 0 spiro atoms. The molecule has 5 N–H and O–H groups in total. The van der Waals surface area contributed by atoms with Crippen molar-refractivity contribution in [2.24, 2.45) is 0 Å². The molecule has 1 aliphatic rings. The number of aliphatic hydroxyl groups is 4. The van der Waals surface area contributed by atoms with Gasteiger partial charge in [-0.3, -0.25) is 4.79 Å². The minimum absolute atomic E-state index is 0.00323. The Kier molecular flexibility index (Phi) is 7.24. The van der Waals surface area contributed by atoms with Crippen LogP contribution < -0.4 is 24.4 Å². The molecule has 0 bridgehead atoms. The number of phenols is 1. The van der Waals surface area contributed by atoms with Crippen molar-refractivity contribution in [3.8, 4) is 40.1 Å². The van der Waals surface area contributed by atoms with Gasteiger partial charge in [-0.2, -0.15) is 0 Å². The van der Waals surface area contributed by atoms with Crippen LogP contribution in [0, 0.1) is 0 Å². The molecular formula is C24H26O12. The molecule has 5 atom stereocenters. The van der Waals surface area contributed by atoms with Gasteiger partial charge in [0, 0.05) is 11.6 Å². The van der Waals surface area contributed by atoms with Gasteiger partial charge >= 0.3 is 0 Å². The molecule has 2 aromatic carbocycles. The van der Waals surface area contributed by atoms with E-state index in [-0.39, 0.29) is 39.7 Å². The SMILES string of the molecule is COc1cc2oc(-c3ccc(O)cc3)c(OC3OC(CO)C(O)C(O)C3O)c(=O)c2c(OC)c1OC. The molecule has 12 heteroatoms. The predicted molar refractivity (Wildman–Crippen MR) is 124 cm³/mol. The second-order valence-electron chi connectivity index (χ2n) is 7.97.